The van der Waals surface area contributed by atoms with Gasteiger partial charge >= 0.3 is 0 Å². The molecule has 0 bridgehead atoms. The van der Waals surface area contributed by atoms with Crippen molar-refractivity contribution in [3.8, 4) is 0 Å². The number of hydrogen-bond donors (Lipinski definition) is 1. The number of hydrogen-bond acceptors (Lipinski definition) is 2. The Morgan fingerprint density at radius 1 is 1.54 bits per heavy atom. The first kappa shape index (κ1) is 12.7. The molecule has 13 heavy (non-hydrogen) atoms. The van der Waals surface area contributed by atoms with Gasteiger partial charge in [-0.3, -0.25) is 0 Å². The zero-order valence-electron chi connectivity index (χ0n) is 9.18. The van der Waals surface area contributed by atoms with E-state index in [1.807, 2.05) is 13.0 Å². The summed E-state index contributed by atoms with van der Waals surface area (Å²) in [5.74, 6) is 0. The molecule has 2 N–H and O–H groups in total. The van der Waals surface area contributed by atoms with E-state index in [0.717, 1.165) is 25.9 Å². The first-order valence-corrected chi connectivity index (χ1v) is 5.11. The summed E-state index contributed by atoms with van der Waals surface area (Å²) in [5.41, 5.74) is 5.89. The summed E-state index contributed by atoms with van der Waals surface area (Å²) in [6.07, 6.45) is 4.78. The molecular formula is C11H23NO. The van der Waals surface area contributed by atoms with E-state index in [1.54, 1.807) is 0 Å². The maximum Gasteiger partial charge on any atom is 0.0802 e. The van der Waals surface area contributed by atoms with Crippen LogP contribution in [0.1, 0.15) is 40.0 Å². The van der Waals surface area contributed by atoms with Gasteiger partial charge in [0.2, 0.25) is 0 Å². The lowest BCUT2D eigenvalue weighted by Crippen LogP contribution is -2.47. The fourth-order valence-corrected chi connectivity index (χ4v) is 1.40. The summed E-state index contributed by atoms with van der Waals surface area (Å²) in [4.78, 5) is 0. The van der Waals surface area contributed by atoms with Crippen LogP contribution < -0.4 is 5.73 Å². The van der Waals surface area contributed by atoms with Crippen LogP contribution in [0.15, 0.2) is 12.7 Å². The lowest BCUT2D eigenvalue weighted by Gasteiger charge is -2.34. The Morgan fingerprint density at radius 2 is 2.15 bits per heavy atom. The third-order valence-corrected chi connectivity index (χ3v) is 2.64. The third kappa shape index (κ3) is 3.92. The minimum absolute atomic E-state index is 0.107. The highest BCUT2D eigenvalue weighted by atomic mass is 16.5. The quantitative estimate of drug-likeness (QED) is 0.618. The molecule has 0 aliphatic heterocycles. The second-order valence-electron chi connectivity index (χ2n) is 3.57. The highest BCUT2D eigenvalue weighted by molar-refractivity contribution is 4.87. The number of ether oxygens (including phenoxy) is 1. The molecule has 78 valence electrons. The molecule has 0 radical (unpaired) electrons. The molecule has 2 nitrogen and oxygen atoms in total. The van der Waals surface area contributed by atoms with Crippen molar-refractivity contribution < 1.29 is 4.74 Å². The normalized spacial score (nSPS) is 17.8. The van der Waals surface area contributed by atoms with Crippen molar-refractivity contribution in [1.82, 2.24) is 0 Å². The molecule has 0 spiro atoms. The molecule has 2 atom stereocenters. The molecule has 0 aliphatic rings. The highest BCUT2D eigenvalue weighted by Gasteiger charge is 2.29. The van der Waals surface area contributed by atoms with Gasteiger partial charge in [-0.05, 0) is 33.1 Å². The van der Waals surface area contributed by atoms with Crippen molar-refractivity contribution in [3.63, 3.8) is 0 Å². The molecule has 2 heteroatoms. The van der Waals surface area contributed by atoms with Gasteiger partial charge in [-0.25, -0.2) is 0 Å². The molecular weight excluding hydrogens is 162 g/mol. The highest BCUT2D eigenvalue weighted by Crippen LogP contribution is 2.21. The van der Waals surface area contributed by atoms with Crippen molar-refractivity contribution >= 4 is 0 Å². The van der Waals surface area contributed by atoms with Gasteiger partial charge in [-0.1, -0.05) is 13.0 Å². The van der Waals surface area contributed by atoms with Crippen LogP contribution in [0.25, 0.3) is 0 Å². The molecule has 0 aromatic heterocycles. The van der Waals surface area contributed by atoms with E-state index >= 15 is 0 Å². The van der Waals surface area contributed by atoms with Gasteiger partial charge in [0, 0.05) is 12.6 Å². The number of rotatable bonds is 7. The standard InChI is InChI=1S/C11H23NO/c1-5-8-9-10(12)11(4,6-2)13-7-3/h5,10H,1,6-9,12H2,2-4H3. The predicted octanol–water partition coefficient (Wildman–Crippen LogP) is 2.49. The molecule has 0 aliphatic carbocycles. The van der Waals surface area contributed by atoms with Gasteiger partial charge in [-0.15, -0.1) is 6.58 Å². The topological polar surface area (TPSA) is 35.2 Å². The van der Waals surface area contributed by atoms with Crippen LogP contribution in [0, 0.1) is 0 Å². The van der Waals surface area contributed by atoms with E-state index in [-0.39, 0.29) is 11.6 Å². The van der Waals surface area contributed by atoms with Crippen LogP contribution in [0.5, 0.6) is 0 Å². The molecule has 0 aromatic carbocycles. The van der Waals surface area contributed by atoms with Crippen LogP contribution in [0.2, 0.25) is 0 Å². The Hall–Kier alpha value is -0.340. The van der Waals surface area contributed by atoms with Crippen molar-refractivity contribution in [2.45, 2.75) is 51.7 Å². The lowest BCUT2D eigenvalue weighted by atomic mass is 9.90. The first-order chi connectivity index (χ1) is 6.10. The Kier molecular flexibility index (Phi) is 6.00. The van der Waals surface area contributed by atoms with Crippen molar-refractivity contribution in [1.29, 1.82) is 0 Å². The Morgan fingerprint density at radius 3 is 2.54 bits per heavy atom. The summed E-state index contributed by atoms with van der Waals surface area (Å²) in [7, 11) is 0. The molecule has 0 saturated heterocycles. The molecule has 0 fully saturated rings. The Labute approximate surface area is 82.2 Å². The molecule has 0 rings (SSSR count). The fraction of sp³-hybridized carbons (Fsp3) is 0.818. The molecule has 2 unspecified atom stereocenters. The van der Waals surface area contributed by atoms with Gasteiger partial charge in [0.15, 0.2) is 0 Å². The van der Waals surface area contributed by atoms with Crippen LogP contribution >= 0.6 is 0 Å². The molecule has 0 heterocycles. The van der Waals surface area contributed by atoms with E-state index in [9.17, 15) is 0 Å². The number of allylic oxidation sites excluding steroid dienone is 1. The SMILES string of the molecule is C=CCCC(N)C(C)(CC)OCC. The average Bonchev–Trinajstić information content (AvgIpc) is 2.14. The monoisotopic (exact) mass is 185 g/mol. The largest absolute Gasteiger partial charge is 0.374 e. The van der Waals surface area contributed by atoms with E-state index in [1.165, 1.54) is 0 Å². The second-order valence-corrected chi connectivity index (χ2v) is 3.57. The molecule has 0 aromatic rings. The van der Waals surface area contributed by atoms with Gasteiger partial charge in [0.25, 0.3) is 0 Å². The summed E-state index contributed by atoms with van der Waals surface area (Å²) in [6, 6.07) is 0.107. The maximum atomic E-state index is 6.06. The van der Waals surface area contributed by atoms with Crippen LogP contribution in [-0.4, -0.2) is 18.2 Å². The minimum Gasteiger partial charge on any atom is -0.374 e. The van der Waals surface area contributed by atoms with Gasteiger partial charge < -0.3 is 10.5 Å². The van der Waals surface area contributed by atoms with Crippen LogP contribution in [0.4, 0.5) is 0 Å². The van der Waals surface area contributed by atoms with E-state index in [4.69, 9.17) is 10.5 Å². The second kappa shape index (κ2) is 6.17. The van der Waals surface area contributed by atoms with Gasteiger partial charge in [-0.2, -0.15) is 0 Å². The summed E-state index contributed by atoms with van der Waals surface area (Å²) >= 11 is 0. The predicted molar refractivity (Wildman–Crippen MR) is 57.7 cm³/mol. The van der Waals surface area contributed by atoms with E-state index < -0.39 is 0 Å². The molecule has 0 amide bonds. The first-order valence-electron chi connectivity index (χ1n) is 5.11. The fourth-order valence-electron chi connectivity index (χ4n) is 1.40. The lowest BCUT2D eigenvalue weighted by molar-refractivity contribution is -0.0477. The maximum absolute atomic E-state index is 6.06. The van der Waals surface area contributed by atoms with Crippen LogP contribution in [-0.2, 0) is 4.74 Å². The van der Waals surface area contributed by atoms with Crippen molar-refractivity contribution in [2.75, 3.05) is 6.61 Å². The van der Waals surface area contributed by atoms with Crippen molar-refractivity contribution in [2.24, 2.45) is 5.73 Å². The third-order valence-electron chi connectivity index (χ3n) is 2.64. The van der Waals surface area contributed by atoms with Gasteiger partial charge in [0.1, 0.15) is 0 Å². The van der Waals surface area contributed by atoms with Gasteiger partial charge in [0.05, 0.1) is 5.60 Å². The van der Waals surface area contributed by atoms with E-state index in [0.29, 0.717) is 0 Å². The summed E-state index contributed by atoms with van der Waals surface area (Å²) in [6.45, 7) is 10.6. The summed E-state index contributed by atoms with van der Waals surface area (Å²) in [5, 5.41) is 0. The Balaban J connectivity index is 4.10. The zero-order valence-corrected chi connectivity index (χ0v) is 9.18. The minimum atomic E-state index is -0.169. The smallest absolute Gasteiger partial charge is 0.0802 e. The Bertz CT molecular complexity index is 147. The zero-order chi connectivity index (χ0) is 10.3. The number of nitrogens with two attached hydrogens (primary N) is 1. The average molecular weight is 185 g/mol. The van der Waals surface area contributed by atoms with Crippen LogP contribution in [0.3, 0.4) is 0 Å². The van der Waals surface area contributed by atoms with E-state index in [2.05, 4.69) is 20.4 Å². The van der Waals surface area contributed by atoms with Crippen molar-refractivity contribution in [3.05, 3.63) is 12.7 Å². The molecule has 0 saturated carbocycles. The summed E-state index contributed by atoms with van der Waals surface area (Å²) < 4.78 is 5.68.